The summed E-state index contributed by atoms with van der Waals surface area (Å²) in [5.74, 6) is 0.841. The predicted octanol–water partition coefficient (Wildman–Crippen LogP) is 2.46. The van der Waals surface area contributed by atoms with Crippen molar-refractivity contribution in [1.29, 1.82) is 0 Å². The third-order valence-electron chi connectivity index (χ3n) is 2.56. The predicted molar refractivity (Wildman–Crippen MR) is 63.8 cm³/mol. The normalized spacial score (nSPS) is 14.6. The number of benzene rings is 1. The van der Waals surface area contributed by atoms with Gasteiger partial charge in [0.25, 0.3) is 0 Å². The van der Waals surface area contributed by atoms with Crippen LogP contribution in [0.5, 0.6) is 5.75 Å². The molecule has 16 heavy (non-hydrogen) atoms. The summed E-state index contributed by atoms with van der Waals surface area (Å²) in [6, 6.07) is 5.71. The van der Waals surface area contributed by atoms with Crippen molar-refractivity contribution in [3.63, 3.8) is 0 Å². The summed E-state index contributed by atoms with van der Waals surface area (Å²) in [7, 11) is 1.66. The fourth-order valence-electron chi connectivity index (χ4n) is 1.37. The average Bonchev–Trinajstić information content (AvgIpc) is 2.26. The van der Waals surface area contributed by atoms with Crippen molar-refractivity contribution in [2.45, 2.75) is 33.0 Å². The van der Waals surface area contributed by atoms with Crippen molar-refractivity contribution in [1.82, 2.24) is 0 Å². The van der Waals surface area contributed by atoms with Crippen molar-refractivity contribution < 1.29 is 14.6 Å². The summed E-state index contributed by atoms with van der Waals surface area (Å²) in [6.45, 7) is 6.21. The molecule has 3 nitrogen and oxygen atoms in total. The molecule has 0 radical (unpaired) electrons. The lowest BCUT2D eigenvalue weighted by Crippen LogP contribution is -2.16. The maximum Gasteiger partial charge on any atom is 0.122 e. The Labute approximate surface area is 97.0 Å². The number of rotatable bonds is 5. The first-order valence-electron chi connectivity index (χ1n) is 5.48. The van der Waals surface area contributed by atoms with Gasteiger partial charge in [-0.2, -0.15) is 0 Å². The number of aliphatic hydroxyl groups excluding tert-OH is 1. The Morgan fingerprint density at radius 2 is 2.00 bits per heavy atom. The van der Waals surface area contributed by atoms with Crippen LogP contribution in [-0.4, -0.2) is 24.9 Å². The minimum Gasteiger partial charge on any atom is -0.491 e. The molecule has 1 aromatic carbocycles. The van der Waals surface area contributed by atoms with Crippen LogP contribution in [-0.2, 0) is 4.74 Å². The zero-order chi connectivity index (χ0) is 12.1. The molecule has 0 spiro atoms. The first kappa shape index (κ1) is 13.0. The lowest BCUT2D eigenvalue weighted by molar-refractivity contribution is 0.0714. The van der Waals surface area contributed by atoms with E-state index in [-0.39, 0.29) is 6.10 Å². The minimum absolute atomic E-state index is 0.0795. The zero-order valence-electron chi connectivity index (χ0n) is 10.4. The van der Waals surface area contributed by atoms with E-state index >= 15 is 0 Å². The molecule has 2 atom stereocenters. The summed E-state index contributed by atoms with van der Waals surface area (Å²) in [4.78, 5) is 0. The second-order valence-electron chi connectivity index (χ2n) is 4.06. The van der Waals surface area contributed by atoms with E-state index in [0.29, 0.717) is 6.61 Å². The van der Waals surface area contributed by atoms with Crippen LogP contribution in [0.1, 0.15) is 31.1 Å². The molecular formula is C13H20O3. The molecule has 0 aromatic heterocycles. The first-order valence-corrected chi connectivity index (χ1v) is 5.48. The molecule has 1 N–H and O–H groups in total. The molecule has 1 rings (SSSR count). The molecule has 1 unspecified atom stereocenters. The van der Waals surface area contributed by atoms with Crippen LogP contribution >= 0.6 is 0 Å². The largest absolute Gasteiger partial charge is 0.491 e. The van der Waals surface area contributed by atoms with Gasteiger partial charge in [-0.25, -0.2) is 0 Å². The van der Waals surface area contributed by atoms with Crippen LogP contribution < -0.4 is 4.74 Å². The molecule has 0 fully saturated rings. The summed E-state index contributed by atoms with van der Waals surface area (Å²) < 4.78 is 10.7. The maximum atomic E-state index is 9.43. The Balaban J connectivity index is 2.68. The highest BCUT2D eigenvalue weighted by molar-refractivity contribution is 5.36. The maximum absolute atomic E-state index is 9.43. The molecule has 0 aliphatic carbocycles. The van der Waals surface area contributed by atoms with Crippen LogP contribution in [0.2, 0.25) is 0 Å². The highest BCUT2D eigenvalue weighted by Gasteiger charge is 2.06. The van der Waals surface area contributed by atoms with Crippen LogP contribution in [0.3, 0.4) is 0 Å². The second-order valence-corrected chi connectivity index (χ2v) is 4.06. The number of aryl methyl sites for hydroxylation is 1. The lowest BCUT2D eigenvalue weighted by atomic mass is 10.1. The van der Waals surface area contributed by atoms with E-state index in [9.17, 15) is 5.11 Å². The van der Waals surface area contributed by atoms with Gasteiger partial charge in [0.1, 0.15) is 12.4 Å². The Bertz CT molecular complexity index is 334. The minimum atomic E-state index is -0.439. The number of hydrogen-bond acceptors (Lipinski definition) is 3. The van der Waals surface area contributed by atoms with Gasteiger partial charge in [0.15, 0.2) is 0 Å². The van der Waals surface area contributed by atoms with E-state index in [1.54, 1.807) is 14.0 Å². The summed E-state index contributed by atoms with van der Waals surface area (Å²) in [6.07, 6.45) is -0.360. The van der Waals surface area contributed by atoms with Crippen LogP contribution in [0.15, 0.2) is 18.2 Å². The van der Waals surface area contributed by atoms with E-state index in [2.05, 4.69) is 0 Å². The van der Waals surface area contributed by atoms with E-state index in [1.807, 2.05) is 32.0 Å². The lowest BCUT2D eigenvalue weighted by Gasteiger charge is -2.14. The van der Waals surface area contributed by atoms with Gasteiger partial charge < -0.3 is 14.6 Å². The fourth-order valence-corrected chi connectivity index (χ4v) is 1.37. The zero-order valence-corrected chi connectivity index (χ0v) is 10.4. The monoisotopic (exact) mass is 224 g/mol. The fraction of sp³-hybridized carbons (Fsp3) is 0.538. The van der Waals surface area contributed by atoms with Crippen molar-refractivity contribution in [3.8, 4) is 5.75 Å². The topological polar surface area (TPSA) is 38.7 Å². The SMILES string of the molecule is COC(C)COc1ccc([C@@H](C)O)cc1C. The smallest absolute Gasteiger partial charge is 0.122 e. The molecule has 3 heteroatoms. The Morgan fingerprint density at radius 3 is 2.50 bits per heavy atom. The number of aliphatic hydroxyl groups is 1. The van der Waals surface area contributed by atoms with Gasteiger partial charge in [0, 0.05) is 7.11 Å². The van der Waals surface area contributed by atoms with Crippen LogP contribution in [0, 0.1) is 6.92 Å². The average molecular weight is 224 g/mol. The van der Waals surface area contributed by atoms with Crippen molar-refractivity contribution in [2.24, 2.45) is 0 Å². The van der Waals surface area contributed by atoms with Gasteiger partial charge in [-0.1, -0.05) is 6.07 Å². The van der Waals surface area contributed by atoms with Gasteiger partial charge in [0.2, 0.25) is 0 Å². The highest BCUT2D eigenvalue weighted by Crippen LogP contribution is 2.22. The third kappa shape index (κ3) is 3.51. The highest BCUT2D eigenvalue weighted by atomic mass is 16.5. The third-order valence-corrected chi connectivity index (χ3v) is 2.56. The van der Waals surface area contributed by atoms with Crippen molar-refractivity contribution in [3.05, 3.63) is 29.3 Å². The molecule has 0 aliphatic heterocycles. The van der Waals surface area contributed by atoms with E-state index < -0.39 is 6.10 Å². The van der Waals surface area contributed by atoms with Crippen molar-refractivity contribution in [2.75, 3.05) is 13.7 Å². The molecule has 0 heterocycles. The summed E-state index contributed by atoms with van der Waals surface area (Å²) in [5.41, 5.74) is 1.94. The Morgan fingerprint density at radius 1 is 1.31 bits per heavy atom. The molecule has 0 saturated heterocycles. The number of hydrogen-bond donors (Lipinski definition) is 1. The quantitative estimate of drug-likeness (QED) is 0.835. The van der Waals surface area contributed by atoms with E-state index in [4.69, 9.17) is 9.47 Å². The molecule has 1 aromatic rings. The molecular weight excluding hydrogens is 204 g/mol. The van der Waals surface area contributed by atoms with Gasteiger partial charge in [-0.3, -0.25) is 0 Å². The first-order chi connectivity index (χ1) is 7.54. The van der Waals surface area contributed by atoms with Gasteiger partial charge >= 0.3 is 0 Å². The molecule has 0 saturated carbocycles. The Hall–Kier alpha value is -1.06. The Kier molecular flexibility index (Phi) is 4.77. The molecule has 90 valence electrons. The molecule has 0 aliphatic rings. The summed E-state index contributed by atoms with van der Waals surface area (Å²) >= 11 is 0. The second kappa shape index (κ2) is 5.87. The van der Waals surface area contributed by atoms with Gasteiger partial charge in [0.05, 0.1) is 12.2 Å². The molecule has 0 bridgehead atoms. The van der Waals surface area contributed by atoms with E-state index in [1.165, 1.54) is 0 Å². The van der Waals surface area contributed by atoms with Gasteiger partial charge in [-0.05, 0) is 44.0 Å². The van der Waals surface area contributed by atoms with E-state index in [0.717, 1.165) is 16.9 Å². The molecule has 0 amide bonds. The van der Waals surface area contributed by atoms with Gasteiger partial charge in [-0.15, -0.1) is 0 Å². The standard InChI is InChI=1S/C13H20O3/c1-9-7-12(11(3)14)5-6-13(9)16-8-10(2)15-4/h5-7,10-11,14H,8H2,1-4H3/t10?,11-/m1/s1. The van der Waals surface area contributed by atoms with Crippen LogP contribution in [0.4, 0.5) is 0 Å². The van der Waals surface area contributed by atoms with Crippen molar-refractivity contribution >= 4 is 0 Å². The van der Waals surface area contributed by atoms with Crippen LogP contribution in [0.25, 0.3) is 0 Å². The number of methoxy groups -OCH3 is 1. The number of ether oxygens (including phenoxy) is 2. The summed E-state index contributed by atoms with van der Waals surface area (Å²) in [5, 5.41) is 9.43.